The third-order valence-corrected chi connectivity index (χ3v) is 3.39. The minimum absolute atomic E-state index is 0.193. The molecule has 0 fully saturated rings. The van der Waals surface area contributed by atoms with Crippen LogP contribution in [0.25, 0.3) is 11.4 Å². The minimum Gasteiger partial charge on any atom is -0.437 e. The van der Waals surface area contributed by atoms with Gasteiger partial charge in [-0.1, -0.05) is 5.16 Å². The average Bonchev–Trinajstić information content (AvgIpc) is 2.98. The van der Waals surface area contributed by atoms with Gasteiger partial charge < -0.3 is 9.26 Å². The lowest BCUT2D eigenvalue weighted by atomic mass is 10.1. The maximum absolute atomic E-state index is 9.27. The van der Waals surface area contributed by atoms with Crippen LogP contribution in [-0.4, -0.2) is 20.3 Å². The smallest absolute Gasteiger partial charge is 0.257 e. The third-order valence-electron chi connectivity index (χ3n) is 3.39. The molecule has 0 amide bonds. The highest BCUT2D eigenvalue weighted by atomic mass is 16.5. The van der Waals surface area contributed by atoms with E-state index in [1.807, 2.05) is 6.92 Å². The van der Waals surface area contributed by atoms with E-state index in [1.165, 1.54) is 0 Å². The van der Waals surface area contributed by atoms with Gasteiger partial charge in [0.1, 0.15) is 17.4 Å². The van der Waals surface area contributed by atoms with Crippen molar-refractivity contribution in [3.8, 4) is 29.1 Å². The molecule has 0 radical (unpaired) electrons. The van der Waals surface area contributed by atoms with E-state index >= 15 is 0 Å². The summed E-state index contributed by atoms with van der Waals surface area (Å²) in [6, 6.07) is 9.21. The lowest BCUT2D eigenvalue weighted by Crippen LogP contribution is -2.00. The Bertz CT molecular complexity index is 894. The first kappa shape index (κ1) is 14.7. The maximum Gasteiger partial charge on any atom is 0.257 e. The van der Waals surface area contributed by atoms with E-state index in [0.717, 1.165) is 11.1 Å². The molecule has 1 aromatic carbocycles. The van der Waals surface area contributed by atoms with Crippen LogP contribution in [-0.2, 0) is 0 Å². The standard InChI is InChI=1S/C16H13N5O2/c1-9-10(2)19-20-16(14(9)8-17)22-13-6-4-12(5-7-13)15-18-11(3)23-21-15/h4-7H,1-3H3. The summed E-state index contributed by atoms with van der Waals surface area (Å²) in [6.45, 7) is 5.35. The molecule has 7 heteroatoms. The fourth-order valence-electron chi connectivity index (χ4n) is 1.99. The molecule has 2 heterocycles. The summed E-state index contributed by atoms with van der Waals surface area (Å²) in [5, 5.41) is 21.1. The SMILES string of the molecule is Cc1nc(-c2ccc(Oc3nnc(C)c(C)c3C#N)cc2)no1. The highest BCUT2D eigenvalue weighted by Gasteiger charge is 2.13. The Labute approximate surface area is 132 Å². The minimum atomic E-state index is 0.193. The topological polar surface area (TPSA) is 97.7 Å². The predicted octanol–water partition coefficient (Wildman–Crippen LogP) is 3.12. The van der Waals surface area contributed by atoms with Crippen molar-refractivity contribution < 1.29 is 9.26 Å². The van der Waals surface area contributed by atoms with Gasteiger partial charge >= 0.3 is 0 Å². The Morgan fingerprint density at radius 3 is 2.43 bits per heavy atom. The summed E-state index contributed by atoms with van der Waals surface area (Å²) in [4.78, 5) is 4.16. The Balaban J connectivity index is 1.87. The number of ether oxygens (including phenoxy) is 1. The number of aryl methyl sites for hydroxylation is 2. The number of rotatable bonds is 3. The van der Waals surface area contributed by atoms with Gasteiger partial charge in [-0.15, -0.1) is 5.10 Å². The van der Waals surface area contributed by atoms with Crippen LogP contribution in [0.2, 0.25) is 0 Å². The van der Waals surface area contributed by atoms with Crippen molar-refractivity contribution in [1.82, 2.24) is 20.3 Å². The molecular weight excluding hydrogens is 294 g/mol. The second-order valence-electron chi connectivity index (χ2n) is 4.97. The first-order valence-corrected chi connectivity index (χ1v) is 6.91. The lowest BCUT2D eigenvalue weighted by Gasteiger charge is -2.08. The van der Waals surface area contributed by atoms with E-state index in [9.17, 15) is 5.26 Å². The van der Waals surface area contributed by atoms with Crippen molar-refractivity contribution in [2.75, 3.05) is 0 Å². The molecule has 3 aromatic rings. The van der Waals surface area contributed by atoms with E-state index < -0.39 is 0 Å². The van der Waals surface area contributed by atoms with Crippen molar-refractivity contribution in [1.29, 1.82) is 5.26 Å². The van der Waals surface area contributed by atoms with Crippen LogP contribution in [0.5, 0.6) is 11.6 Å². The van der Waals surface area contributed by atoms with Crippen LogP contribution in [0.15, 0.2) is 28.8 Å². The van der Waals surface area contributed by atoms with Crippen molar-refractivity contribution in [2.45, 2.75) is 20.8 Å². The third kappa shape index (κ3) is 2.87. The molecule has 2 aromatic heterocycles. The van der Waals surface area contributed by atoms with Crippen molar-refractivity contribution in [3.63, 3.8) is 0 Å². The van der Waals surface area contributed by atoms with E-state index in [0.29, 0.717) is 28.7 Å². The number of benzene rings is 1. The quantitative estimate of drug-likeness (QED) is 0.733. The van der Waals surface area contributed by atoms with Crippen molar-refractivity contribution in [2.24, 2.45) is 0 Å². The molecule has 0 bridgehead atoms. The van der Waals surface area contributed by atoms with Crippen LogP contribution in [0, 0.1) is 32.1 Å². The summed E-state index contributed by atoms with van der Waals surface area (Å²) < 4.78 is 10.6. The van der Waals surface area contributed by atoms with E-state index in [-0.39, 0.29) is 5.88 Å². The molecule has 114 valence electrons. The van der Waals surface area contributed by atoms with Crippen LogP contribution >= 0.6 is 0 Å². The zero-order valence-corrected chi connectivity index (χ0v) is 12.9. The zero-order valence-electron chi connectivity index (χ0n) is 12.9. The Morgan fingerprint density at radius 1 is 1.09 bits per heavy atom. The summed E-state index contributed by atoms with van der Waals surface area (Å²) in [7, 11) is 0. The molecule has 0 aliphatic heterocycles. The number of hydrogen-bond donors (Lipinski definition) is 0. The molecule has 23 heavy (non-hydrogen) atoms. The molecular formula is C16H13N5O2. The molecule has 0 atom stereocenters. The number of nitriles is 1. The monoisotopic (exact) mass is 307 g/mol. The van der Waals surface area contributed by atoms with Gasteiger partial charge in [0.05, 0.1) is 5.69 Å². The molecule has 3 rings (SSSR count). The Morgan fingerprint density at radius 2 is 1.83 bits per heavy atom. The van der Waals surface area contributed by atoms with Gasteiger partial charge in [-0.25, -0.2) is 0 Å². The van der Waals surface area contributed by atoms with Gasteiger partial charge in [0, 0.05) is 12.5 Å². The fourth-order valence-corrected chi connectivity index (χ4v) is 1.99. The van der Waals surface area contributed by atoms with Gasteiger partial charge in [0.15, 0.2) is 0 Å². The van der Waals surface area contributed by atoms with Crippen LogP contribution in [0.3, 0.4) is 0 Å². The van der Waals surface area contributed by atoms with Crippen molar-refractivity contribution in [3.05, 3.63) is 47.0 Å². The van der Waals surface area contributed by atoms with E-state index in [1.54, 1.807) is 38.1 Å². The summed E-state index contributed by atoms with van der Waals surface area (Å²) in [6.07, 6.45) is 0. The second-order valence-corrected chi connectivity index (χ2v) is 4.97. The number of aromatic nitrogens is 4. The normalized spacial score (nSPS) is 10.3. The number of nitrogens with zero attached hydrogens (tertiary/aromatic N) is 5. The molecule has 0 spiro atoms. The highest BCUT2D eigenvalue weighted by molar-refractivity contribution is 5.56. The van der Waals surface area contributed by atoms with Gasteiger partial charge in [-0.05, 0) is 43.7 Å². The summed E-state index contributed by atoms with van der Waals surface area (Å²) in [5.41, 5.74) is 2.66. The molecule has 0 aliphatic rings. The van der Waals surface area contributed by atoms with Crippen LogP contribution in [0.4, 0.5) is 0 Å². The molecule has 0 aliphatic carbocycles. The zero-order chi connectivity index (χ0) is 16.4. The van der Waals surface area contributed by atoms with Gasteiger partial charge in [-0.3, -0.25) is 0 Å². The molecule has 0 saturated carbocycles. The number of hydrogen-bond acceptors (Lipinski definition) is 7. The Kier molecular flexibility index (Phi) is 3.73. The highest BCUT2D eigenvalue weighted by Crippen LogP contribution is 2.27. The average molecular weight is 307 g/mol. The first-order valence-electron chi connectivity index (χ1n) is 6.91. The van der Waals surface area contributed by atoms with Crippen LogP contribution < -0.4 is 4.74 Å². The van der Waals surface area contributed by atoms with E-state index in [2.05, 4.69) is 26.4 Å². The molecule has 0 saturated heterocycles. The van der Waals surface area contributed by atoms with Crippen molar-refractivity contribution >= 4 is 0 Å². The lowest BCUT2D eigenvalue weighted by molar-refractivity contribution is 0.394. The van der Waals surface area contributed by atoms with Gasteiger partial charge in [0.2, 0.25) is 11.7 Å². The molecule has 0 N–H and O–H groups in total. The molecule has 0 unspecified atom stereocenters. The maximum atomic E-state index is 9.27. The fraction of sp³-hybridized carbons (Fsp3) is 0.188. The predicted molar refractivity (Wildman–Crippen MR) is 80.8 cm³/mol. The van der Waals surface area contributed by atoms with Gasteiger partial charge in [0.25, 0.3) is 5.88 Å². The summed E-state index contributed by atoms with van der Waals surface area (Å²) in [5.74, 6) is 1.75. The van der Waals surface area contributed by atoms with E-state index in [4.69, 9.17) is 9.26 Å². The largest absolute Gasteiger partial charge is 0.437 e. The summed E-state index contributed by atoms with van der Waals surface area (Å²) >= 11 is 0. The van der Waals surface area contributed by atoms with Gasteiger partial charge in [-0.2, -0.15) is 15.3 Å². The first-order chi connectivity index (χ1) is 11.1. The molecule has 7 nitrogen and oxygen atoms in total. The second kappa shape index (κ2) is 5.85. The Hall–Kier alpha value is -3.27. The van der Waals surface area contributed by atoms with Crippen LogP contribution in [0.1, 0.15) is 22.7 Å².